The second-order valence-electron chi connectivity index (χ2n) is 8.05. The quantitative estimate of drug-likeness (QED) is 0.0486. The predicted molar refractivity (Wildman–Crippen MR) is 134 cm³/mol. The lowest BCUT2D eigenvalue weighted by molar-refractivity contribution is -0.138. The summed E-state index contributed by atoms with van der Waals surface area (Å²) in [4.78, 5) is 28.5. The SMILES string of the molecule is [N-]=[N+]=NCCCNc1ncnc2c1ncn2[C@@H]1O[C@H](CN(CCI)CC[C@H](N)C(=O)O)[C@@H](O)[C@H]1O. The van der Waals surface area contributed by atoms with Gasteiger partial charge < -0.3 is 31.1 Å². The molecule has 3 heterocycles. The highest BCUT2D eigenvalue weighted by Gasteiger charge is 2.44. The number of carbonyl (C=O) groups is 1. The van der Waals surface area contributed by atoms with E-state index in [-0.39, 0.29) is 6.42 Å². The van der Waals surface area contributed by atoms with Crippen LogP contribution in [0.15, 0.2) is 17.8 Å². The minimum atomic E-state index is -1.23. The molecule has 0 amide bonds. The summed E-state index contributed by atoms with van der Waals surface area (Å²) in [7, 11) is 0. The number of imidazole rings is 1. The zero-order valence-electron chi connectivity index (χ0n) is 18.9. The standard InChI is InChI=1S/C19H29IN10O5/c20-3-7-29(6-2-11(21)19(33)34)8-12-14(31)15(32)18(35-12)30-10-26-13-16(24-9-25-17(13)30)23-4-1-5-27-28-22/h9-12,14-15,18,31-32H,1-8,21H2,(H,33,34)(H,23,24,25)/t11-,12+,14+,15+,18+/m0/s1. The molecule has 0 aromatic carbocycles. The van der Waals surface area contributed by atoms with Crippen molar-refractivity contribution in [2.24, 2.45) is 10.8 Å². The molecule has 2 aromatic rings. The van der Waals surface area contributed by atoms with E-state index in [4.69, 9.17) is 21.1 Å². The highest BCUT2D eigenvalue weighted by Crippen LogP contribution is 2.32. The molecule has 0 aliphatic carbocycles. The fourth-order valence-corrected chi connectivity index (χ4v) is 4.47. The van der Waals surface area contributed by atoms with Crippen LogP contribution in [-0.2, 0) is 9.53 Å². The Kier molecular flexibility index (Phi) is 10.2. The number of aliphatic carboxylic acids is 1. The van der Waals surface area contributed by atoms with E-state index in [1.807, 2.05) is 4.90 Å². The monoisotopic (exact) mass is 604 g/mol. The van der Waals surface area contributed by atoms with Gasteiger partial charge in [0.1, 0.15) is 30.7 Å². The van der Waals surface area contributed by atoms with Crippen molar-refractivity contribution in [2.75, 3.05) is 42.5 Å². The van der Waals surface area contributed by atoms with E-state index in [1.165, 1.54) is 12.7 Å². The maximum atomic E-state index is 11.0. The fourth-order valence-electron chi connectivity index (χ4n) is 3.79. The number of aliphatic hydroxyl groups excluding tert-OH is 2. The van der Waals surface area contributed by atoms with Gasteiger partial charge in [-0.15, -0.1) is 0 Å². The number of rotatable bonds is 14. The van der Waals surface area contributed by atoms with Crippen LogP contribution >= 0.6 is 22.6 Å². The smallest absolute Gasteiger partial charge is 0.320 e. The number of hydrogen-bond donors (Lipinski definition) is 5. The number of anilines is 1. The predicted octanol–water partition coefficient (Wildman–Crippen LogP) is 0.0968. The largest absolute Gasteiger partial charge is 0.480 e. The third-order valence-electron chi connectivity index (χ3n) is 5.67. The summed E-state index contributed by atoms with van der Waals surface area (Å²) in [6.45, 7) is 2.23. The van der Waals surface area contributed by atoms with Crippen molar-refractivity contribution in [1.82, 2.24) is 24.4 Å². The summed E-state index contributed by atoms with van der Waals surface area (Å²) in [6, 6.07) is -0.974. The molecule has 35 heavy (non-hydrogen) atoms. The third-order valence-corrected chi connectivity index (χ3v) is 6.16. The van der Waals surface area contributed by atoms with Gasteiger partial charge >= 0.3 is 5.97 Å². The van der Waals surface area contributed by atoms with E-state index < -0.39 is 36.6 Å². The third kappa shape index (κ3) is 6.87. The number of nitrogens with two attached hydrogens (primary N) is 1. The molecule has 0 spiro atoms. The first kappa shape index (κ1) is 27.3. The lowest BCUT2D eigenvalue weighted by atomic mass is 10.1. The van der Waals surface area contributed by atoms with Crippen LogP contribution in [0.3, 0.4) is 0 Å². The molecule has 16 heteroatoms. The van der Waals surface area contributed by atoms with Crippen molar-refractivity contribution in [3.05, 3.63) is 23.1 Å². The summed E-state index contributed by atoms with van der Waals surface area (Å²) < 4.78 is 8.38. The van der Waals surface area contributed by atoms with Crippen LogP contribution in [-0.4, -0.2) is 107 Å². The number of hydrogen-bond acceptors (Lipinski definition) is 11. The highest BCUT2D eigenvalue weighted by molar-refractivity contribution is 14.1. The number of carboxylic acid groups (broad SMARTS) is 1. The number of carboxylic acids is 1. The maximum absolute atomic E-state index is 11.0. The van der Waals surface area contributed by atoms with E-state index in [1.54, 1.807) is 4.57 Å². The van der Waals surface area contributed by atoms with Crippen LogP contribution in [0.1, 0.15) is 19.1 Å². The molecule has 0 unspecified atom stereocenters. The molecule has 2 aromatic heterocycles. The Balaban J connectivity index is 1.70. The topological polar surface area (TPSA) is 221 Å². The molecule has 192 valence electrons. The Hall–Kier alpha value is -2.34. The van der Waals surface area contributed by atoms with Gasteiger partial charge in [0.2, 0.25) is 0 Å². The molecule has 6 N–H and O–H groups in total. The van der Waals surface area contributed by atoms with Crippen molar-refractivity contribution in [3.63, 3.8) is 0 Å². The molecule has 0 saturated carbocycles. The van der Waals surface area contributed by atoms with Gasteiger partial charge in [0.25, 0.3) is 0 Å². The number of aliphatic hydroxyl groups is 2. The minimum absolute atomic E-state index is 0.252. The zero-order valence-corrected chi connectivity index (χ0v) is 21.0. The normalized spacial score (nSPS) is 22.9. The fraction of sp³-hybridized carbons (Fsp3) is 0.684. The Morgan fingerprint density at radius 3 is 2.89 bits per heavy atom. The summed E-state index contributed by atoms with van der Waals surface area (Å²) >= 11 is 2.21. The van der Waals surface area contributed by atoms with Crippen LogP contribution in [0.5, 0.6) is 0 Å². The Morgan fingerprint density at radius 1 is 1.37 bits per heavy atom. The van der Waals surface area contributed by atoms with Crippen molar-refractivity contribution in [2.45, 2.75) is 43.4 Å². The van der Waals surface area contributed by atoms with Crippen LogP contribution < -0.4 is 11.1 Å². The number of azide groups is 1. The van der Waals surface area contributed by atoms with Gasteiger partial charge in [-0.2, -0.15) is 0 Å². The first-order chi connectivity index (χ1) is 16.9. The van der Waals surface area contributed by atoms with Gasteiger partial charge in [-0.05, 0) is 18.4 Å². The molecular weight excluding hydrogens is 575 g/mol. The molecule has 5 atom stereocenters. The van der Waals surface area contributed by atoms with Crippen molar-refractivity contribution < 1.29 is 24.9 Å². The van der Waals surface area contributed by atoms with Crippen molar-refractivity contribution in [3.8, 4) is 0 Å². The lowest BCUT2D eigenvalue weighted by Crippen LogP contribution is -2.43. The Bertz CT molecular complexity index is 1030. The molecular formula is C19H29IN10O5. The molecule has 1 aliphatic heterocycles. The first-order valence-electron chi connectivity index (χ1n) is 11.1. The maximum Gasteiger partial charge on any atom is 0.320 e. The van der Waals surface area contributed by atoms with Gasteiger partial charge in [-0.25, -0.2) is 15.0 Å². The average molecular weight is 604 g/mol. The minimum Gasteiger partial charge on any atom is -0.480 e. The molecule has 0 radical (unpaired) electrons. The number of alkyl halides is 1. The van der Waals surface area contributed by atoms with Gasteiger partial charge in [0.15, 0.2) is 23.2 Å². The highest BCUT2D eigenvalue weighted by atomic mass is 127. The van der Waals surface area contributed by atoms with E-state index in [0.717, 1.165) is 4.43 Å². The summed E-state index contributed by atoms with van der Waals surface area (Å²) in [5.74, 6) is -0.576. The number of fused-ring (bicyclic) bond motifs is 1. The van der Waals surface area contributed by atoms with E-state index in [2.05, 4.69) is 52.9 Å². The molecule has 0 bridgehead atoms. The summed E-state index contributed by atoms with van der Waals surface area (Å²) in [5, 5.41) is 37.1. The van der Waals surface area contributed by atoms with Crippen LogP contribution in [0, 0.1) is 0 Å². The van der Waals surface area contributed by atoms with Gasteiger partial charge in [-0.1, -0.05) is 27.7 Å². The lowest BCUT2D eigenvalue weighted by Gasteiger charge is -2.26. The second-order valence-corrected chi connectivity index (χ2v) is 9.13. The van der Waals surface area contributed by atoms with E-state index >= 15 is 0 Å². The number of halogens is 1. The summed E-state index contributed by atoms with van der Waals surface area (Å²) in [6.07, 6.45) is -0.325. The van der Waals surface area contributed by atoms with Gasteiger partial charge in [0.05, 0.1) is 6.33 Å². The number of ether oxygens (including phenoxy) is 1. The number of nitrogens with zero attached hydrogens (tertiary/aromatic N) is 8. The van der Waals surface area contributed by atoms with Gasteiger partial charge in [0, 0.05) is 42.1 Å². The zero-order chi connectivity index (χ0) is 25.4. The van der Waals surface area contributed by atoms with Crippen LogP contribution in [0.2, 0.25) is 0 Å². The van der Waals surface area contributed by atoms with Crippen molar-refractivity contribution in [1.29, 1.82) is 0 Å². The molecule has 3 rings (SSSR count). The van der Waals surface area contributed by atoms with Crippen LogP contribution in [0.4, 0.5) is 5.82 Å². The molecule has 1 fully saturated rings. The van der Waals surface area contributed by atoms with E-state index in [0.29, 0.717) is 56.1 Å². The first-order valence-corrected chi connectivity index (χ1v) is 12.6. The molecule has 1 saturated heterocycles. The number of nitrogens with one attached hydrogen (secondary N) is 1. The van der Waals surface area contributed by atoms with Gasteiger partial charge in [-0.3, -0.25) is 14.3 Å². The summed E-state index contributed by atoms with van der Waals surface area (Å²) in [5.41, 5.74) is 14.9. The average Bonchev–Trinajstić information content (AvgIpc) is 3.39. The Labute approximate surface area is 214 Å². The van der Waals surface area contributed by atoms with E-state index in [9.17, 15) is 15.0 Å². The second kappa shape index (κ2) is 13.1. The molecule has 15 nitrogen and oxygen atoms in total. The molecule has 1 aliphatic rings. The van der Waals surface area contributed by atoms with Crippen molar-refractivity contribution >= 4 is 45.5 Å². The number of aromatic nitrogens is 4. The van der Waals surface area contributed by atoms with Crippen LogP contribution in [0.25, 0.3) is 21.6 Å². The Morgan fingerprint density at radius 2 is 2.17 bits per heavy atom.